The first kappa shape index (κ1) is 20.3. The number of nitrogens with zero attached hydrogens (tertiary/aromatic N) is 4. The molecule has 1 aromatic carbocycles. The van der Waals surface area contributed by atoms with Gasteiger partial charge in [0.25, 0.3) is 0 Å². The van der Waals surface area contributed by atoms with E-state index < -0.39 is 0 Å². The summed E-state index contributed by atoms with van der Waals surface area (Å²) in [6, 6.07) is 7.84. The Bertz CT molecular complexity index is 955. The molecule has 3 heterocycles. The predicted molar refractivity (Wildman–Crippen MR) is 113 cm³/mol. The number of nitriles is 1. The molecular formula is C23H30N4O. The van der Waals surface area contributed by atoms with Crippen LogP contribution in [0.25, 0.3) is 21.9 Å². The minimum atomic E-state index is 0.469. The molecule has 0 amide bonds. The molecule has 3 aromatic rings. The summed E-state index contributed by atoms with van der Waals surface area (Å²) in [5.41, 5.74) is 3.55. The van der Waals surface area contributed by atoms with Crippen LogP contribution in [-0.2, 0) is 11.8 Å². The third-order valence-electron chi connectivity index (χ3n) is 5.44. The summed E-state index contributed by atoms with van der Waals surface area (Å²) < 4.78 is 7.25. The maximum Gasteiger partial charge on any atom is 0.112 e. The molecule has 1 saturated heterocycles. The largest absolute Gasteiger partial charge is 0.381 e. The van der Waals surface area contributed by atoms with Crippen molar-refractivity contribution in [2.24, 2.45) is 7.05 Å². The van der Waals surface area contributed by atoms with Gasteiger partial charge in [-0.1, -0.05) is 20.3 Å². The van der Waals surface area contributed by atoms with Gasteiger partial charge in [-0.2, -0.15) is 5.26 Å². The number of hydrogen-bond acceptors (Lipinski definition) is 4. The first-order chi connectivity index (χ1) is 13.7. The molecule has 148 valence electrons. The lowest BCUT2D eigenvalue weighted by molar-refractivity contribution is 0.0968. The average Bonchev–Trinajstić information content (AvgIpc) is 3.10. The second-order valence-electron chi connectivity index (χ2n) is 7.43. The average molecular weight is 379 g/mol. The number of imidazole rings is 1. The maximum atomic E-state index is 9.15. The molecule has 0 saturated carbocycles. The fraction of sp³-hybridized carbons (Fsp3) is 0.522. The zero-order valence-corrected chi connectivity index (χ0v) is 17.2. The minimum Gasteiger partial charge on any atom is -0.381 e. The van der Waals surface area contributed by atoms with Gasteiger partial charge in [-0.15, -0.1) is 0 Å². The number of fused-ring (bicyclic) bond motifs is 3. The van der Waals surface area contributed by atoms with E-state index in [-0.39, 0.29) is 0 Å². The Morgan fingerprint density at radius 3 is 2.54 bits per heavy atom. The molecule has 0 radical (unpaired) electrons. The number of aromatic nitrogens is 3. The van der Waals surface area contributed by atoms with Crippen LogP contribution in [-0.4, -0.2) is 27.7 Å². The predicted octanol–water partition coefficient (Wildman–Crippen LogP) is 5.47. The summed E-state index contributed by atoms with van der Waals surface area (Å²) in [6.45, 7) is 6.42. The first-order valence-electron chi connectivity index (χ1n) is 10.4. The standard InChI is InChI=1S/C18H20N4.C5H10O/c1-4-6-13(5-2)18-21-16-11-20-15-8-7-12(10-19)9-14(15)17(16)22(18)3;1-2-4-6-5-3-1/h7-9,11,13H,4-6H2,1-3H3;1-5H2. The Morgan fingerprint density at radius 2 is 1.96 bits per heavy atom. The Labute approximate surface area is 167 Å². The van der Waals surface area contributed by atoms with Gasteiger partial charge in [-0.3, -0.25) is 4.98 Å². The summed E-state index contributed by atoms with van der Waals surface area (Å²) in [5.74, 6) is 1.59. The highest BCUT2D eigenvalue weighted by Gasteiger charge is 2.18. The second-order valence-corrected chi connectivity index (χ2v) is 7.43. The highest BCUT2D eigenvalue weighted by Crippen LogP contribution is 2.30. The number of rotatable bonds is 4. The molecule has 5 heteroatoms. The smallest absolute Gasteiger partial charge is 0.112 e. The third kappa shape index (κ3) is 4.34. The van der Waals surface area contributed by atoms with E-state index in [9.17, 15) is 0 Å². The van der Waals surface area contributed by atoms with E-state index in [2.05, 4.69) is 36.5 Å². The van der Waals surface area contributed by atoms with Gasteiger partial charge >= 0.3 is 0 Å². The third-order valence-corrected chi connectivity index (χ3v) is 5.44. The van der Waals surface area contributed by atoms with Gasteiger partial charge in [-0.05, 0) is 50.3 Å². The topological polar surface area (TPSA) is 63.7 Å². The van der Waals surface area contributed by atoms with Gasteiger partial charge < -0.3 is 9.30 Å². The van der Waals surface area contributed by atoms with Crippen LogP contribution < -0.4 is 0 Å². The summed E-state index contributed by atoms with van der Waals surface area (Å²) in [7, 11) is 2.07. The van der Waals surface area contributed by atoms with Crippen molar-refractivity contribution in [3.8, 4) is 6.07 Å². The van der Waals surface area contributed by atoms with Crippen molar-refractivity contribution in [3.63, 3.8) is 0 Å². The van der Waals surface area contributed by atoms with Crippen LogP contribution in [0.2, 0.25) is 0 Å². The zero-order chi connectivity index (χ0) is 19.9. The van der Waals surface area contributed by atoms with Gasteiger partial charge in [-0.25, -0.2) is 4.98 Å². The van der Waals surface area contributed by atoms with E-state index in [0.717, 1.165) is 60.2 Å². The number of pyridine rings is 1. The van der Waals surface area contributed by atoms with Crippen molar-refractivity contribution in [2.45, 2.75) is 58.3 Å². The van der Waals surface area contributed by atoms with Crippen LogP contribution in [0, 0.1) is 11.3 Å². The number of aryl methyl sites for hydroxylation is 1. The minimum absolute atomic E-state index is 0.469. The summed E-state index contributed by atoms with van der Waals surface area (Å²) in [5, 5.41) is 10.2. The van der Waals surface area contributed by atoms with Crippen molar-refractivity contribution in [1.82, 2.24) is 14.5 Å². The SMILES string of the molecule is C1CCOCC1.CCCC(CC)c1nc2cnc3ccc(C#N)cc3c2n1C. The molecule has 1 unspecified atom stereocenters. The van der Waals surface area contributed by atoms with Gasteiger partial charge in [0.15, 0.2) is 0 Å². The van der Waals surface area contributed by atoms with Crippen LogP contribution in [0.3, 0.4) is 0 Å². The molecule has 0 N–H and O–H groups in total. The Kier molecular flexibility index (Phi) is 7.00. The molecule has 0 aliphatic carbocycles. The van der Waals surface area contributed by atoms with Gasteiger partial charge in [0.1, 0.15) is 11.3 Å². The number of hydrogen-bond donors (Lipinski definition) is 0. The van der Waals surface area contributed by atoms with Gasteiger partial charge in [0, 0.05) is 31.6 Å². The van der Waals surface area contributed by atoms with E-state index >= 15 is 0 Å². The fourth-order valence-corrected chi connectivity index (χ4v) is 3.90. The van der Waals surface area contributed by atoms with E-state index in [1.54, 1.807) is 0 Å². The van der Waals surface area contributed by atoms with Crippen LogP contribution in [0.4, 0.5) is 0 Å². The van der Waals surface area contributed by atoms with E-state index in [1.165, 1.54) is 19.3 Å². The molecule has 2 aromatic heterocycles. The quantitative estimate of drug-likeness (QED) is 0.603. The zero-order valence-electron chi connectivity index (χ0n) is 17.2. The van der Waals surface area contributed by atoms with Crippen molar-refractivity contribution < 1.29 is 4.74 Å². The maximum absolute atomic E-state index is 9.15. The van der Waals surface area contributed by atoms with Crippen molar-refractivity contribution in [2.75, 3.05) is 13.2 Å². The monoisotopic (exact) mass is 378 g/mol. The van der Waals surface area contributed by atoms with Crippen molar-refractivity contribution in [3.05, 3.63) is 35.8 Å². The van der Waals surface area contributed by atoms with Crippen LogP contribution in [0.1, 0.15) is 69.7 Å². The lowest BCUT2D eigenvalue weighted by Crippen LogP contribution is -2.05. The Morgan fingerprint density at radius 1 is 1.18 bits per heavy atom. The van der Waals surface area contributed by atoms with Crippen LogP contribution in [0.5, 0.6) is 0 Å². The highest BCUT2D eigenvalue weighted by molar-refractivity contribution is 6.02. The summed E-state index contributed by atoms with van der Waals surface area (Å²) in [4.78, 5) is 9.31. The summed E-state index contributed by atoms with van der Waals surface area (Å²) >= 11 is 0. The lowest BCUT2D eigenvalue weighted by Gasteiger charge is -2.13. The lowest BCUT2D eigenvalue weighted by atomic mass is 10.00. The number of ether oxygens (including phenoxy) is 1. The number of benzene rings is 1. The molecule has 4 rings (SSSR count). The molecule has 1 atom stereocenters. The molecule has 1 aliphatic rings. The van der Waals surface area contributed by atoms with E-state index in [4.69, 9.17) is 15.0 Å². The van der Waals surface area contributed by atoms with Gasteiger partial charge in [0.05, 0.1) is 28.9 Å². The normalized spacial score (nSPS) is 15.1. The molecular weight excluding hydrogens is 348 g/mol. The second kappa shape index (κ2) is 9.66. The molecule has 1 fully saturated rings. The summed E-state index contributed by atoms with van der Waals surface area (Å²) in [6.07, 6.45) is 9.15. The highest BCUT2D eigenvalue weighted by atomic mass is 16.5. The van der Waals surface area contributed by atoms with Crippen LogP contribution in [0.15, 0.2) is 24.4 Å². The molecule has 1 aliphatic heterocycles. The van der Waals surface area contributed by atoms with Crippen LogP contribution >= 0.6 is 0 Å². The fourth-order valence-electron chi connectivity index (χ4n) is 3.90. The molecule has 0 spiro atoms. The first-order valence-corrected chi connectivity index (χ1v) is 10.4. The van der Waals surface area contributed by atoms with Gasteiger partial charge in [0.2, 0.25) is 0 Å². The molecule has 28 heavy (non-hydrogen) atoms. The van der Waals surface area contributed by atoms with E-state index in [0.29, 0.717) is 11.5 Å². The Balaban J connectivity index is 0.000000320. The van der Waals surface area contributed by atoms with Crippen molar-refractivity contribution >= 4 is 21.9 Å². The van der Waals surface area contributed by atoms with Crippen molar-refractivity contribution in [1.29, 1.82) is 5.26 Å². The molecule has 0 bridgehead atoms. The molecule has 5 nitrogen and oxygen atoms in total. The Hall–Kier alpha value is -2.45. The van der Waals surface area contributed by atoms with E-state index in [1.807, 2.05) is 24.4 Å².